The first-order valence-electron chi connectivity index (χ1n) is 4.95. The van der Waals surface area contributed by atoms with Gasteiger partial charge in [-0.25, -0.2) is 4.98 Å². The number of pyridine rings is 1. The Labute approximate surface area is 167 Å². The predicted molar refractivity (Wildman–Crippen MR) is 99.6 cm³/mol. The molecule has 2 heterocycles. The average molecular weight is 662 g/mol. The molecule has 0 N–H and O–H groups in total. The van der Waals surface area contributed by atoms with Crippen LogP contribution in [0.2, 0.25) is 10.2 Å². The Morgan fingerprint density at radius 3 is 2.50 bits per heavy atom. The van der Waals surface area contributed by atoms with Gasteiger partial charge in [0.1, 0.15) is 5.15 Å². The minimum atomic E-state index is 0. The summed E-state index contributed by atoms with van der Waals surface area (Å²) >= 11 is 18.4. The van der Waals surface area contributed by atoms with Crippen LogP contribution in [-0.2, 0) is 18.6 Å². The molecular weight excluding hydrogens is 651 g/mol. The summed E-state index contributed by atoms with van der Waals surface area (Å²) in [5, 5.41) is 0.973. The standard InChI is InChI=1S/C10H11Cl2IN2.I2.V/c1-15-4-2-3-7(15)6-5-14-10(12)8(11)9(6)13;1-2;/h5,7H,2-4H2,1H3;;/t7-;;/m0../s1. The van der Waals surface area contributed by atoms with E-state index in [9.17, 15) is 0 Å². The van der Waals surface area contributed by atoms with Crippen LogP contribution in [0.4, 0.5) is 0 Å². The molecule has 18 heavy (non-hydrogen) atoms. The Balaban J connectivity index is 0.000000917. The number of likely N-dealkylation sites (tertiary alicyclic amines) is 1. The van der Waals surface area contributed by atoms with Crippen LogP contribution in [0.1, 0.15) is 24.4 Å². The fourth-order valence-electron chi connectivity index (χ4n) is 1.99. The van der Waals surface area contributed by atoms with Crippen LogP contribution in [0.3, 0.4) is 0 Å². The summed E-state index contributed by atoms with van der Waals surface area (Å²) in [4.78, 5) is 6.46. The predicted octanol–water partition coefficient (Wildman–Crippen LogP) is 5.53. The van der Waals surface area contributed by atoms with Gasteiger partial charge in [-0.1, -0.05) is 23.2 Å². The minimum Gasteiger partial charge on any atom is -0.299 e. The monoisotopic (exact) mass is 661 g/mol. The van der Waals surface area contributed by atoms with Gasteiger partial charge in [0, 0.05) is 77.2 Å². The van der Waals surface area contributed by atoms with Crippen LogP contribution >= 0.6 is 83.0 Å². The molecule has 0 aliphatic carbocycles. The van der Waals surface area contributed by atoms with E-state index in [-0.39, 0.29) is 18.6 Å². The normalized spacial score (nSPS) is 18.9. The minimum absolute atomic E-state index is 0. The van der Waals surface area contributed by atoms with Crippen LogP contribution in [0, 0.1) is 3.57 Å². The Bertz CT molecular complexity index is 396. The van der Waals surface area contributed by atoms with Crippen molar-refractivity contribution in [1.29, 1.82) is 0 Å². The molecule has 1 aromatic heterocycles. The summed E-state index contributed by atoms with van der Waals surface area (Å²) < 4.78 is 1.04. The van der Waals surface area contributed by atoms with Crippen molar-refractivity contribution >= 4 is 83.0 Å². The number of nitrogens with zero attached hydrogens (tertiary/aromatic N) is 2. The topological polar surface area (TPSA) is 16.1 Å². The zero-order valence-electron chi connectivity index (χ0n) is 9.51. The SMILES string of the molecule is CN1CCC[C@H]1c1cnc(Cl)c(Cl)c1I.II.[V]. The van der Waals surface area contributed by atoms with Crippen LogP contribution < -0.4 is 0 Å². The molecule has 1 aliphatic rings. The van der Waals surface area contributed by atoms with Crippen LogP contribution in [0.5, 0.6) is 0 Å². The molecule has 1 aromatic rings. The van der Waals surface area contributed by atoms with E-state index < -0.39 is 0 Å². The molecule has 1 radical (unpaired) electrons. The van der Waals surface area contributed by atoms with Gasteiger partial charge in [0.05, 0.1) is 5.02 Å². The van der Waals surface area contributed by atoms with Gasteiger partial charge in [0.2, 0.25) is 0 Å². The van der Waals surface area contributed by atoms with Gasteiger partial charge >= 0.3 is 0 Å². The maximum atomic E-state index is 6.09. The quantitative estimate of drug-likeness (QED) is 0.291. The van der Waals surface area contributed by atoms with Crippen molar-refractivity contribution in [3.8, 4) is 0 Å². The first-order valence-corrected chi connectivity index (χ1v) is 13.1. The molecule has 0 saturated carbocycles. The maximum Gasteiger partial charge on any atom is 0.148 e. The first kappa shape index (κ1) is 20.5. The van der Waals surface area contributed by atoms with E-state index in [0.29, 0.717) is 16.2 Å². The van der Waals surface area contributed by atoms with E-state index in [4.69, 9.17) is 23.2 Å². The third-order valence-corrected chi connectivity index (χ3v) is 5.06. The summed E-state index contributed by atoms with van der Waals surface area (Å²) in [6.45, 7) is 1.14. The maximum absolute atomic E-state index is 6.09. The second-order valence-corrected chi connectivity index (χ2v) is 5.59. The fraction of sp³-hybridized carbons (Fsp3) is 0.500. The van der Waals surface area contributed by atoms with Crippen molar-refractivity contribution in [2.45, 2.75) is 18.9 Å². The zero-order chi connectivity index (χ0) is 13.0. The van der Waals surface area contributed by atoms with E-state index in [1.54, 1.807) is 0 Å². The van der Waals surface area contributed by atoms with Gasteiger partial charge in [-0.05, 0) is 49.0 Å². The molecular formula is C10H11Cl2I3N2V. The van der Waals surface area contributed by atoms with Crippen LogP contribution in [0.25, 0.3) is 0 Å². The van der Waals surface area contributed by atoms with Crippen molar-refractivity contribution < 1.29 is 18.6 Å². The number of rotatable bonds is 1. The van der Waals surface area contributed by atoms with Gasteiger partial charge in [0.25, 0.3) is 0 Å². The molecule has 2 rings (SSSR count). The van der Waals surface area contributed by atoms with E-state index in [2.05, 4.69) is 76.8 Å². The Morgan fingerprint density at radius 1 is 1.39 bits per heavy atom. The molecule has 2 nitrogen and oxygen atoms in total. The Kier molecular flexibility index (Phi) is 11.6. The average Bonchev–Trinajstić information content (AvgIpc) is 2.75. The second kappa shape index (κ2) is 10.2. The summed E-state index contributed by atoms with van der Waals surface area (Å²) in [7, 11) is 2.14. The zero-order valence-corrected chi connectivity index (χ0v) is 18.9. The molecule has 0 unspecified atom stereocenters. The van der Waals surface area contributed by atoms with E-state index in [1.807, 2.05) is 6.20 Å². The molecule has 0 bridgehead atoms. The fourth-order valence-corrected chi connectivity index (χ4v) is 3.21. The van der Waals surface area contributed by atoms with Gasteiger partial charge < -0.3 is 0 Å². The summed E-state index contributed by atoms with van der Waals surface area (Å²) in [6.07, 6.45) is 4.26. The Hall–Kier alpha value is 2.46. The summed E-state index contributed by atoms with van der Waals surface area (Å²) in [5.41, 5.74) is 1.20. The second-order valence-electron chi connectivity index (χ2n) is 3.77. The van der Waals surface area contributed by atoms with E-state index >= 15 is 0 Å². The van der Waals surface area contributed by atoms with Crippen molar-refractivity contribution in [1.82, 2.24) is 9.88 Å². The molecule has 0 spiro atoms. The number of halogens is 5. The van der Waals surface area contributed by atoms with Gasteiger partial charge in [-0.2, -0.15) is 0 Å². The van der Waals surface area contributed by atoms with Crippen molar-refractivity contribution in [2.24, 2.45) is 0 Å². The number of hydrogen-bond acceptors (Lipinski definition) is 2. The number of hydrogen-bond donors (Lipinski definition) is 0. The van der Waals surface area contributed by atoms with Gasteiger partial charge in [0.15, 0.2) is 0 Å². The molecule has 1 aliphatic heterocycles. The molecule has 0 amide bonds. The summed E-state index contributed by atoms with van der Waals surface area (Å²) in [6, 6.07) is 0.444. The van der Waals surface area contributed by atoms with Crippen molar-refractivity contribution in [3.63, 3.8) is 0 Å². The summed E-state index contributed by atoms with van der Waals surface area (Å²) in [5.74, 6) is 0. The molecule has 1 fully saturated rings. The third kappa shape index (κ3) is 5.03. The van der Waals surface area contributed by atoms with Gasteiger partial charge in [-0.15, -0.1) is 0 Å². The molecule has 1 saturated heterocycles. The molecule has 0 aromatic carbocycles. The van der Waals surface area contributed by atoms with Crippen molar-refractivity contribution in [3.05, 3.63) is 25.5 Å². The van der Waals surface area contributed by atoms with Crippen molar-refractivity contribution in [2.75, 3.05) is 13.6 Å². The molecule has 101 valence electrons. The number of aromatic nitrogens is 1. The van der Waals surface area contributed by atoms with Gasteiger partial charge in [-0.3, -0.25) is 4.90 Å². The van der Waals surface area contributed by atoms with E-state index in [0.717, 1.165) is 10.1 Å². The third-order valence-electron chi connectivity index (χ3n) is 2.82. The largest absolute Gasteiger partial charge is 0.299 e. The smallest absolute Gasteiger partial charge is 0.148 e. The van der Waals surface area contributed by atoms with Crippen LogP contribution in [0.15, 0.2) is 6.20 Å². The molecule has 1 atom stereocenters. The Morgan fingerprint density at radius 2 is 2.00 bits per heavy atom. The molecule has 8 heteroatoms. The first-order chi connectivity index (χ1) is 8.11. The van der Waals surface area contributed by atoms with Crippen LogP contribution in [-0.4, -0.2) is 23.5 Å². The van der Waals surface area contributed by atoms with E-state index in [1.165, 1.54) is 18.4 Å².